The van der Waals surface area contributed by atoms with Gasteiger partial charge in [-0.3, -0.25) is 28.7 Å². The first-order chi connectivity index (χ1) is 29.3. The normalized spacial score (nSPS) is 20.9. The number of nitrogens with zero attached hydrogens (tertiary/aromatic N) is 3. The maximum Gasteiger partial charge on any atom is 0.390 e. The molecule has 3 amide bonds. The number of likely N-dealkylation sites (tertiary alicyclic amines) is 1. The van der Waals surface area contributed by atoms with Crippen molar-refractivity contribution in [3.63, 3.8) is 0 Å². The fourth-order valence-electron chi connectivity index (χ4n) is 8.40. The van der Waals surface area contributed by atoms with Crippen LogP contribution in [0.3, 0.4) is 0 Å². The molecule has 2 aromatic heterocycles. The van der Waals surface area contributed by atoms with Crippen LogP contribution in [0.2, 0.25) is 0 Å². The second-order valence-corrected chi connectivity index (χ2v) is 19.1. The van der Waals surface area contributed by atoms with Crippen molar-refractivity contribution >= 4 is 52.6 Å². The van der Waals surface area contributed by atoms with Crippen molar-refractivity contribution in [1.82, 2.24) is 25.2 Å². The van der Waals surface area contributed by atoms with Crippen molar-refractivity contribution in [2.24, 2.45) is 0 Å². The Morgan fingerprint density at radius 1 is 0.967 bits per heavy atom. The van der Waals surface area contributed by atoms with E-state index in [4.69, 9.17) is 9.26 Å². The predicted octanol–water partition coefficient (Wildman–Crippen LogP) is 7.92. The molecule has 3 aliphatic rings. The number of aromatic nitrogens is 1. The lowest BCUT2D eigenvalue weighted by Gasteiger charge is -2.43. The Hall–Kier alpha value is -5.50. The number of benzene rings is 3. The number of hydrogen-bond donors (Lipinski definition) is 2. The molecule has 5 atom stereocenters. The first kappa shape index (κ1) is 42.2. The fraction of sp³-hybridized carbons (Fsp3) is 0.356. The number of rotatable bonds is 13. The van der Waals surface area contributed by atoms with Gasteiger partial charge in [-0.15, -0.1) is 11.3 Å². The van der Waals surface area contributed by atoms with Gasteiger partial charge in [0.15, 0.2) is 0 Å². The number of hydrogen-bond acceptors (Lipinski definition) is 9. The van der Waals surface area contributed by atoms with E-state index in [1.807, 2.05) is 19.2 Å². The van der Waals surface area contributed by atoms with Crippen LogP contribution in [0.25, 0.3) is 10.1 Å². The molecule has 0 spiro atoms. The van der Waals surface area contributed by atoms with Crippen molar-refractivity contribution in [1.29, 1.82) is 0 Å². The molecule has 5 heterocycles. The van der Waals surface area contributed by atoms with Crippen LogP contribution in [0, 0.1) is 6.92 Å². The van der Waals surface area contributed by atoms with E-state index in [1.54, 1.807) is 52.4 Å². The van der Waals surface area contributed by atoms with Crippen LogP contribution in [0.15, 0.2) is 103 Å². The monoisotopic (exact) mass is 869 g/mol. The SMILES string of the molecule is Cc1ccncc1C1CN(C(=O)[C@@H]2CC[C@@H]3CCC[C@H](NC(=O)c4cc5cc(C(F)(F)P(=O)(N[C@@H](C)C(=O)OCc6ccccc6)Oc6ccccc6)ccc5s4)C(=O)N32)C1. The van der Waals surface area contributed by atoms with Crippen LogP contribution in [0.1, 0.15) is 76.9 Å². The quantitative estimate of drug-likeness (QED) is 0.0890. The molecule has 0 bridgehead atoms. The summed E-state index contributed by atoms with van der Waals surface area (Å²) in [4.78, 5) is 62.6. The second-order valence-electron chi connectivity index (χ2n) is 15.9. The molecule has 0 radical (unpaired) electrons. The van der Waals surface area contributed by atoms with Crippen molar-refractivity contribution in [3.8, 4) is 5.75 Å². The lowest BCUT2D eigenvalue weighted by atomic mass is 9.89. The molecule has 3 fully saturated rings. The number of fused-ring (bicyclic) bond motifs is 2. The maximum absolute atomic E-state index is 16.7. The molecular formula is C45H46F2N5O7PS. The summed E-state index contributed by atoms with van der Waals surface area (Å²) in [6.45, 7) is 4.30. The Morgan fingerprint density at radius 3 is 2.44 bits per heavy atom. The number of thiophene rings is 1. The molecule has 3 saturated heterocycles. The summed E-state index contributed by atoms with van der Waals surface area (Å²) in [5.41, 5.74) is -1.90. The van der Waals surface area contributed by atoms with Crippen molar-refractivity contribution in [2.75, 3.05) is 13.1 Å². The summed E-state index contributed by atoms with van der Waals surface area (Å²) in [6, 6.07) is 20.3. The Labute approximate surface area is 356 Å². The zero-order valence-electron chi connectivity index (χ0n) is 33.7. The number of alkyl halides is 2. The van der Waals surface area contributed by atoms with Gasteiger partial charge >= 0.3 is 19.2 Å². The molecule has 3 aromatic carbocycles. The largest absolute Gasteiger partial charge is 0.460 e. The minimum atomic E-state index is -5.27. The number of halogens is 2. The summed E-state index contributed by atoms with van der Waals surface area (Å²) < 4.78 is 59.1. The zero-order valence-corrected chi connectivity index (χ0v) is 35.4. The summed E-state index contributed by atoms with van der Waals surface area (Å²) in [7, 11) is -5.27. The number of ether oxygens (including phenoxy) is 1. The average Bonchev–Trinajstić information content (AvgIpc) is 3.84. The van der Waals surface area contributed by atoms with Crippen LogP contribution in [-0.4, -0.2) is 75.7 Å². The van der Waals surface area contributed by atoms with Crippen LogP contribution < -0.4 is 14.9 Å². The van der Waals surface area contributed by atoms with E-state index < -0.39 is 48.7 Å². The van der Waals surface area contributed by atoms with E-state index in [2.05, 4.69) is 15.4 Å². The number of amides is 3. The molecule has 0 saturated carbocycles. The number of para-hydroxylation sites is 1. The van der Waals surface area contributed by atoms with Crippen molar-refractivity contribution < 1.29 is 41.8 Å². The van der Waals surface area contributed by atoms with Gasteiger partial charge in [0.1, 0.15) is 30.5 Å². The van der Waals surface area contributed by atoms with Gasteiger partial charge in [-0.1, -0.05) is 54.6 Å². The third kappa shape index (κ3) is 8.69. The van der Waals surface area contributed by atoms with Crippen LogP contribution >= 0.6 is 18.9 Å². The highest BCUT2D eigenvalue weighted by molar-refractivity contribution is 7.58. The smallest absolute Gasteiger partial charge is 0.390 e. The summed E-state index contributed by atoms with van der Waals surface area (Å²) in [5, 5.41) is 5.44. The van der Waals surface area contributed by atoms with Gasteiger partial charge in [0.25, 0.3) is 5.91 Å². The van der Waals surface area contributed by atoms with Gasteiger partial charge in [-0.05, 0) is 104 Å². The predicted molar refractivity (Wildman–Crippen MR) is 226 cm³/mol. The molecule has 1 unspecified atom stereocenters. The number of pyridine rings is 1. The van der Waals surface area contributed by atoms with E-state index in [0.29, 0.717) is 49.0 Å². The Bertz CT molecular complexity index is 2480. The fourth-order valence-corrected chi connectivity index (χ4v) is 11.2. The van der Waals surface area contributed by atoms with Gasteiger partial charge in [0.2, 0.25) is 11.8 Å². The number of nitrogens with one attached hydrogen (secondary N) is 2. The number of aryl methyl sites for hydroxylation is 1. The summed E-state index contributed by atoms with van der Waals surface area (Å²) >= 11 is 1.06. The highest BCUT2D eigenvalue weighted by Crippen LogP contribution is 2.63. The van der Waals surface area contributed by atoms with E-state index in [-0.39, 0.29) is 46.4 Å². The Balaban J connectivity index is 0.962. The third-order valence-corrected chi connectivity index (χ3v) is 15.1. The van der Waals surface area contributed by atoms with Gasteiger partial charge in [-0.2, -0.15) is 8.78 Å². The molecule has 318 valence electrons. The molecule has 5 aromatic rings. The van der Waals surface area contributed by atoms with Crippen molar-refractivity contribution in [3.05, 3.63) is 131 Å². The lowest BCUT2D eigenvalue weighted by molar-refractivity contribution is -0.148. The zero-order chi connectivity index (χ0) is 42.9. The molecule has 12 nitrogen and oxygen atoms in total. The topological polar surface area (TPSA) is 147 Å². The highest BCUT2D eigenvalue weighted by atomic mass is 32.1. The first-order valence-electron chi connectivity index (χ1n) is 20.4. The molecule has 61 heavy (non-hydrogen) atoms. The molecule has 16 heteroatoms. The summed E-state index contributed by atoms with van der Waals surface area (Å²) in [5.74, 6) is -1.74. The minimum Gasteiger partial charge on any atom is -0.460 e. The molecule has 3 aliphatic heterocycles. The lowest BCUT2D eigenvalue weighted by Crippen LogP contribution is -2.58. The first-order valence-corrected chi connectivity index (χ1v) is 22.8. The van der Waals surface area contributed by atoms with Gasteiger partial charge in [-0.25, -0.2) is 5.09 Å². The number of carbonyl (C=O) groups is 4. The third-order valence-electron chi connectivity index (χ3n) is 11.8. The van der Waals surface area contributed by atoms with E-state index in [1.165, 1.54) is 43.3 Å². The van der Waals surface area contributed by atoms with Crippen LogP contribution in [0.5, 0.6) is 5.75 Å². The highest BCUT2D eigenvalue weighted by Gasteiger charge is 2.56. The van der Waals surface area contributed by atoms with Crippen LogP contribution in [-0.2, 0) is 36.0 Å². The van der Waals surface area contributed by atoms with Gasteiger partial charge in [0.05, 0.1) is 4.88 Å². The second kappa shape index (κ2) is 17.5. The molecule has 8 rings (SSSR count). The Kier molecular flexibility index (Phi) is 12.1. The number of carbonyl (C=O) groups excluding carboxylic acids is 4. The Morgan fingerprint density at radius 2 is 1.70 bits per heavy atom. The minimum absolute atomic E-state index is 0.0795. The van der Waals surface area contributed by atoms with Crippen LogP contribution in [0.4, 0.5) is 8.78 Å². The van der Waals surface area contributed by atoms with Gasteiger partial charge in [0, 0.05) is 47.7 Å². The van der Waals surface area contributed by atoms with E-state index in [0.717, 1.165) is 41.0 Å². The molecule has 2 N–H and O–H groups in total. The van der Waals surface area contributed by atoms with E-state index >= 15 is 8.78 Å². The van der Waals surface area contributed by atoms with Gasteiger partial charge < -0.3 is 24.4 Å². The summed E-state index contributed by atoms with van der Waals surface area (Å²) in [6.07, 6.45) is 6.66. The average molecular weight is 870 g/mol. The number of esters is 1. The molecule has 0 aliphatic carbocycles. The van der Waals surface area contributed by atoms with E-state index in [9.17, 15) is 23.7 Å². The molecular weight excluding hydrogens is 824 g/mol. The van der Waals surface area contributed by atoms with Crippen molar-refractivity contribution in [2.45, 2.75) is 88.3 Å². The maximum atomic E-state index is 16.7. The standard InChI is InChI=1S/C45H46F2N5O7PS/c1-28-20-21-48-24-36(28)32-25-51(26-32)43(55)38-18-17-34-12-9-15-37(42(54)52(34)38)49-41(53)40-23-31-22-33(16-19-39(31)61-40)45(46,47)60(57,59-35-13-7-4-8-14-35)50-29(2)44(56)58-27-30-10-5-3-6-11-30/h3-8,10-11,13-14,16,19-24,29,32,34,37-38H,9,12,15,17-18,25-27H2,1-2H3,(H,49,53)(H,50,57)/t29-,34-,37-,38-,60?/m0/s1.